The first-order valence-electron chi connectivity index (χ1n) is 5.74. The van der Waals surface area contributed by atoms with Gasteiger partial charge in [0, 0.05) is 11.9 Å². The summed E-state index contributed by atoms with van der Waals surface area (Å²) in [5.41, 5.74) is 2.25. The predicted octanol–water partition coefficient (Wildman–Crippen LogP) is 1.61. The average Bonchev–Trinajstić information content (AvgIpc) is 2.63. The molecule has 4 nitrogen and oxygen atoms in total. The van der Waals surface area contributed by atoms with Gasteiger partial charge in [0.2, 0.25) is 10.0 Å². The summed E-state index contributed by atoms with van der Waals surface area (Å²) in [4.78, 5) is 0.104. The van der Waals surface area contributed by atoms with Crippen molar-refractivity contribution in [2.24, 2.45) is 0 Å². The van der Waals surface area contributed by atoms with E-state index in [9.17, 15) is 8.42 Å². The van der Waals surface area contributed by atoms with Crippen molar-refractivity contribution in [3.8, 4) is 0 Å². The molecule has 0 aromatic heterocycles. The molecule has 2 rings (SSSR count). The summed E-state index contributed by atoms with van der Waals surface area (Å²) in [5.74, 6) is -0.0120. The van der Waals surface area contributed by atoms with Crippen molar-refractivity contribution >= 4 is 26.0 Å². The zero-order valence-electron chi connectivity index (χ0n) is 10.1. The van der Waals surface area contributed by atoms with Crippen molar-refractivity contribution < 1.29 is 13.2 Å². The van der Waals surface area contributed by atoms with E-state index in [-0.39, 0.29) is 23.2 Å². The Kier molecular flexibility index (Phi) is 4.42. The molecule has 0 saturated carbocycles. The van der Waals surface area contributed by atoms with Crippen LogP contribution in [0.15, 0.2) is 24.3 Å². The first kappa shape index (κ1) is 14.0. The molecule has 6 heteroatoms. The van der Waals surface area contributed by atoms with E-state index in [4.69, 9.17) is 4.74 Å². The topological polar surface area (TPSA) is 55.4 Å². The fraction of sp³-hybridized carbons (Fsp3) is 0.500. The summed E-state index contributed by atoms with van der Waals surface area (Å²) in [7, 11) is -1.81. The lowest BCUT2D eigenvalue weighted by atomic mass is 10.1. The molecule has 1 aliphatic carbocycles. The van der Waals surface area contributed by atoms with Crippen LogP contribution in [0.25, 0.3) is 0 Å². The van der Waals surface area contributed by atoms with E-state index in [0.717, 1.165) is 12.0 Å². The van der Waals surface area contributed by atoms with Crippen LogP contribution in [-0.4, -0.2) is 32.7 Å². The fourth-order valence-corrected chi connectivity index (χ4v) is 4.25. The molecule has 1 aromatic carbocycles. The minimum atomic E-state index is -3.31. The van der Waals surface area contributed by atoms with Crippen LogP contribution < -0.4 is 4.72 Å². The van der Waals surface area contributed by atoms with Crippen molar-refractivity contribution in [3.05, 3.63) is 35.4 Å². The van der Waals surface area contributed by atoms with Crippen LogP contribution >= 0.6 is 15.9 Å². The van der Waals surface area contributed by atoms with Crippen LogP contribution in [0.4, 0.5) is 0 Å². The number of hydrogen-bond acceptors (Lipinski definition) is 3. The largest absolute Gasteiger partial charge is 0.384 e. The highest BCUT2D eigenvalue weighted by Crippen LogP contribution is 2.36. The third-order valence-electron chi connectivity index (χ3n) is 3.03. The number of nitrogens with one attached hydrogen (secondary N) is 1. The molecule has 0 aliphatic heterocycles. The van der Waals surface area contributed by atoms with Gasteiger partial charge in [-0.3, -0.25) is 0 Å². The number of ether oxygens (including phenoxy) is 1. The zero-order chi connectivity index (χ0) is 13.2. The second kappa shape index (κ2) is 5.69. The fourth-order valence-electron chi connectivity index (χ4n) is 2.13. The normalized spacial score (nSPS) is 23.0. The smallest absolute Gasteiger partial charge is 0.214 e. The van der Waals surface area contributed by atoms with Gasteiger partial charge < -0.3 is 4.74 Å². The zero-order valence-corrected chi connectivity index (χ0v) is 12.5. The molecule has 100 valence electrons. The number of alkyl halides is 1. The Morgan fingerprint density at radius 1 is 1.44 bits per heavy atom. The molecule has 1 aromatic rings. The molecule has 18 heavy (non-hydrogen) atoms. The summed E-state index contributed by atoms with van der Waals surface area (Å²) >= 11 is 3.55. The van der Waals surface area contributed by atoms with Crippen molar-refractivity contribution in [3.63, 3.8) is 0 Å². The lowest BCUT2D eigenvalue weighted by Gasteiger charge is -2.17. The van der Waals surface area contributed by atoms with Gasteiger partial charge in [-0.25, -0.2) is 13.1 Å². The van der Waals surface area contributed by atoms with Gasteiger partial charge in [0.1, 0.15) is 0 Å². The Balaban J connectivity index is 2.15. The van der Waals surface area contributed by atoms with Gasteiger partial charge in [0.05, 0.1) is 18.4 Å². The van der Waals surface area contributed by atoms with Gasteiger partial charge in [-0.1, -0.05) is 40.2 Å². The molecule has 0 bridgehead atoms. The monoisotopic (exact) mass is 333 g/mol. The molecular weight excluding hydrogens is 318 g/mol. The number of benzene rings is 1. The van der Waals surface area contributed by atoms with Crippen molar-refractivity contribution in [2.75, 3.05) is 19.5 Å². The molecule has 0 heterocycles. The Bertz CT molecular complexity index is 518. The van der Waals surface area contributed by atoms with Crippen LogP contribution in [0.2, 0.25) is 0 Å². The molecule has 0 saturated heterocycles. The summed E-state index contributed by atoms with van der Waals surface area (Å²) in [5, 5.41) is 0. The van der Waals surface area contributed by atoms with Gasteiger partial charge in [-0.2, -0.15) is 0 Å². The lowest BCUT2D eigenvalue weighted by molar-refractivity contribution is 0.216. The highest BCUT2D eigenvalue weighted by Gasteiger charge is 2.33. The van der Waals surface area contributed by atoms with Gasteiger partial charge in [0.15, 0.2) is 0 Å². The molecule has 0 radical (unpaired) electrons. The van der Waals surface area contributed by atoms with Gasteiger partial charge in [-0.15, -0.1) is 0 Å². The Morgan fingerprint density at radius 2 is 2.17 bits per heavy atom. The van der Waals surface area contributed by atoms with Gasteiger partial charge >= 0.3 is 0 Å². The minimum Gasteiger partial charge on any atom is -0.384 e. The molecular formula is C12H16BrNO3S. The maximum absolute atomic E-state index is 11.9. The standard InChI is InChI=1S/C12H16BrNO3S/c1-17-6-7-18(15,16)14-12-10-5-3-2-4-9(10)8-11(12)13/h2-5,11-12,14H,6-8H2,1H3. The first-order valence-corrected chi connectivity index (χ1v) is 8.31. The minimum absolute atomic E-state index is 0.0120. The Labute approximate surface area is 116 Å². The summed E-state index contributed by atoms with van der Waals surface area (Å²) in [6.45, 7) is 0.205. The molecule has 1 N–H and O–H groups in total. The number of fused-ring (bicyclic) bond motifs is 1. The first-order chi connectivity index (χ1) is 8.53. The SMILES string of the molecule is COCCS(=O)(=O)NC1c2ccccc2CC1Br. The van der Waals surface area contributed by atoms with Crippen LogP contribution in [0.3, 0.4) is 0 Å². The van der Waals surface area contributed by atoms with E-state index in [0.29, 0.717) is 0 Å². The van der Waals surface area contributed by atoms with Crippen LogP contribution in [-0.2, 0) is 21.2 Å². The Morgan fingerprint density at radius 3 is 2.89 bits per heavy atom. The number of halogens is 1. The maximum Gasteiger partial charge on any atom is 0.214 e. The van der Waals surface area contributed by atoms with Crippen molar-refractivity contribution in [1.82, 2.24) is 4.72 Å². The molecule has 0 spiro atoms. The third kappa shape index (κ3) is 3.12. The van der Waals surface area contributed by atoms with Crippen molar-refractivity contribution in [1.29, 1.82) is 0 Å². The van der Waals surface area contributed by atoms with E-state index < -0.39 is 10.0 Å². The molecule has 0 fully saturated rings. The van der Waals surface area contributed by atoms with Crippen LogP contribution in [0, 0.1) is 0 Å². The van der Waals surface area contributed by atoms with Gasteiger partial charge in [0.25, 0.3) is 0 Å². The highest BCUT2D eigenvalue weighted by atomic mass is 79.9. The number of sulfonamides is 1. The summed E-state index contributed by atoms with van der Waals surface area (Å²) < 4.78 is 31.3. The third-order valence-corrected chi connectivity index (χ3v) is 5.20. The molecule has 0 amide bonds. The quantitative estimate of drug-likeness (QED) is 0.833. The van der Waals surface area contributed by atoms with E-state index >= 15 is 0 Å². The van der Waals surface area contributed by atoms with E-state index in [1.165, 1.54) is 12.7 Å². The maximum atomic E-state index is 11.9. The Hall–Kier alpha value is -0.430. The number of methoxy groups -OCH3 is 1. The second-order valence-corrected chi connectivity index (χ2v) is 7.38. The predicted molar refractivity (Wildman–Crippen MR) is 74.4 cm³/mol. The average molecular weight is 334 g/mol. The van der Waals surface area contributed by atoms with Crippen molar-refractivity contribution in [2.45, 2.75) is 17.3 Å². The van der Waals surface area contributed by atoms with E-state index in [1.54, 1.807) is 0 Å². The number of rotatable bonds is 5. The highest BCUT2D eigenvalue weighted by molar-refractivity contribution is 9.09. The molecule has 2 unspecified atom stereocenters. The number of hydrogen-bond donors (Lipinski definition) is 1. The van der Waals surface area contributed by atoms with Crippen LogP contribution in [0.5, 0.6) is 0 Å². The summed E-state index contributed by atoms with van der Waals surface area (Å²) in [6, 6.07) is 7.72. The second-order valence-electron chi connectivity index (χ2n) is 4.33. The van der Waals surface area contributed by atoms with E-state index in [1.807, 2.05) is 24.3 Å². The molecule has 2 atom stereocenters. The molecule has 1 aliphatic rings. The lowest BCUT2D eigenvalue weighted by Crippen LogP contribution is -2.34. The van der Waals surface area contributed by atoms with Crippen LogP contribution in [0.1, 0.15) is 17.2 Å². The van der Waals surface area contributed by atoms with Gasteiger partial charge in [-0.05, 0) is 17.5 Å². The van der Waals surface area contributed by atoms with E-state index in [2.05, 4.69) is 20.7 Å². The summed E-state index contributed by atoms with van der Waals surface area (Å²) in [6.07, 6.45) is 0.841.